The normalized spacial score (nSPS) is 25.2. The van der Waals surface area contributed by atoms with Gasteiger partial charge in [0, 0.05) is 27.6 Å². The second-order valence-electron chi connectivity index (χ2n) is 6.65. The van der Waals surface area contributed by atoms with Gasteiger partial charge in [-0.15, -0.1) is 0 Å². The number of hydrogen-bond donors (Lipinski definition) is 1. The van der Waals surface area contributed by atoms with E-state index in [1.54, 1.807) is 4.68 Å². The van der Waals surface area contributed by atoms with Crippen LogP contribution in [0.1, 0.15) is 32.3 Å². The van der Waals surface area contributed by atoms with Gasteiger partial charge in [-0.25, -0.2) is 9.67 Å². The SMILES string of the molecule is CC1(C)CC/C(=C\c2ccc(Cl)cc2)C1(O)Cn1ncnc1I. The fraction of sp³-hybridized carbons (Fsp3) is 0.412. The van der Waals surface area contributed by atoms with Gasteiger partial charge in [-0.05, 0) is 41.5 Å². The summed E-state index contributed by atoms with van der Waals surface area (Å²) in [7, 11) is 0. The van der Waals surface area contributed by atoms with Crippen LogP contribution in [0.15, 0.2) is 36.2 Å². The number of halogens is 2. The van der Waals surface area contributed by atoms with Crippen molar-refractivity contribution in [1.82, 2.24) is 14.8 Å². The van der Waals surface area contributed by atoms with Gasteiger partial charge < -0.3 is 5.11 Å². The first kappa shape index (κ1) is 16.9. The smallest absolute Gasteiger partial charge is 0.189 e. The highest BCUT2D eigenvalue weighted by atomic mass is 127. The molecule has 122 valence electrons. The van der Waals surface area contributed by atoms with Crippen LogP contribution in [0.2, 0.25) is 5.02 Å². The predicted octanol–water partition coefficient (Wildman–Crippen LogP) is 4.17. The third-order valence-electron chi connectivity index (χ3n) is 4.83. The molecule has 1 aromatic carbocycles. The van der Waals surface area contributed by atoms with Crippen molar-refractivity contribution in [1.29, 1.82) is 0 Å². The lowest BCUT2D eigenvalue weighted by atomic mass is 9.76. The Morgan fingerprint density at radius 2 is 2.04 bits per heavy atom. The van der Waals surface area contributed by atoms with Gasteiger partial charge in [-0.1, -0.05) is 43.7 Å². The zero-order chi connectivity index (χ0) is 16.7. The molecule has 0 bridgehead atoms. The van der Waals surface area contributed by atoms with Crippen LogP contribution in [0.3, 0.4) is 0 Å². The van der Waals surface area contributed by atoms with E-state index in [2.05, 4.69) is 52.6 Å². The zero-order valence-corrected chi connectivity index (χ0v) is 16.0. The summed E-state index contributed by atoms with van der Waals surface area (Å²) in [6, 6.07) is 7.68. The third kappa shape index (κ3) is 3.19. The Morgan fingerprint density at radius 1 is 1.35 bits per heavy atom. The molecule has 1 saturated carbocycles. The van der Waals surface area contributed by atoms with Crippen molar-refractivity contribution in [3.63, 3.8) is 0 Å². The first-order chi connectivity index (χ1) is 10.8. The van der Waals surface area contributed by atoms with Gasteiger partial charge in [0.15, 0.2) is 3.83 Å². The van der Waals surface area contributed by atoms with Gasteiger partial charge in [0.05, 0.1) is 6.54 Å². The first-order valence-corrected chi connectivity index (χ1v) is 9.00. The van der Waals surface area contributed by atoms with Crippen molar-refractivity contribution in [2.75, 3.05) is 0 Å². The quantitative estimate of drug-likeness (QED) is 0.725. The Labute approximate surface area is 154 Å². The summed E-state index contributed by atoms with van der Waals surface area (Å²) < 4.78 is 2.55. The van der Waals surface area contributed by atoms with Gasteiger partial charge in [0.25, 0.3) is 0 Å². The zero-order valence-electron chi connectivity index (χ0n) is 13.1. The number of aromatic nitrogens is 3. The number of rotatable bonds is 3. The van der Waals surface area contributed by atoms with Gasteiger partial charge in [-0.2, -0.15) is 5.10 Å². The molecule has 0 spiro atoms. The molecule has 0 aliphatic heterocycles. The summed E-state index contributed by atoms with van der Waals surface area (Å²) in [5.41, 5.74) is 0.922. The highest BCUT2D eigenvalue weighted by Gasteiger charge is 2.51. The summed E-state index contributed by atoms with van der Waals surface area (Å²) in [6.45, 7) is 4.64. The van der Waals surface area contributed by atoms with E-state index in [1.165, 1.54) is 6.33 Å². The summed E-state index contributed by atoms with van der Waals surface area (Å²) in [5.74, 6) is 0. The molecule has 0 amide bonds. The second kappa shape index (κ2) is 6.18. The van der Waals surface area contributed by atoms with E-state index in [1.807, 2.05) is 24.3 Å². The Bertz CT molecular complexity index is 739. The molecule has 1 aliphatic carbocycles. The third-order valence-corrected chi connectivity index (χ3v) is 5.92. The molecule has 23 heavy (non-hydrogen) atoms. The van der Waals surface area contributed by atoms with E-state index < -0.39 is 5.60 Å². The minimum atomic E-state index is -0.944. The highest BCUT2D eigenvalue weighted by molar-refractivity contribution is 14.1. The van der Waals surface area contributed by atoms with Crippen molar-refractivity contribution >= 4 is 40.3 Å². The molecule has 1 unspecified atom stereocenters. The molecule has 0 saturated heterocycles. The van der Waals surface area contributed by atoms with Crippen LogP contribution in [-0.4, -0.2) is 25.5 Å². The lowest BCUT2D eigenvalue weighted by Gasteiger charge is -2.37. The Kier molecular flexibility index (Phi) is 4.55. The van der Waals surface area contributed by atoms with Gasteiger partial charge in [-0.3, -0.25) is 0 Å². The van der Waals surface area contributed by atoms with Crippen molar-refractivity contribution < 1.29 is 5.11 Å². The van der Waals surface area contributed by atoms with E-state index in [-0.39, 0.29) is 5.41 Å². The number of nitrogens with zero attached hydrogens (tertiary/aromatic N) is 3. The highest BCUT2D eigenvalue weighted by Crippen LogP contribution is 2.50. The van der Waals surface area contributed by atoms with Gasteiger partial charge >= 0.3 is 0 Å². The van der Waals surface area contributed by atoms with Crippen molar-refractivity contribution in [3.05, 3.63) is 50.6 Å². The summed E-state index contributed by atoms with van der Waals surface area (Å²) >= 11 is 8.09. The molecule has 1 aliphatic rings. The fourth-order valence-corrected chi connectivity index (χ4v) is 3.68. The van der Waals surface area contributed by atoms with Crippen LogP contribution in [0.4, 0.5) is 0 Å². The molecule has 1 fully saturated rings. The average molecular weight is 444 g/mol. The van der Waals surface area contributed by atoms with Crippen molar-refractivity contribution in [3.8, 4) is 0 Å². The maximum atomic E-state index is 11.5. The molecule has 1 N–H and O–H groups in total. The van der Waals surface area contributed by atoms with E-state index in [0.717, 1.165) is 27.8 Å². The molecule has 3 rings (SSSR count). The maximum Gasteiger partial charge on any atom is 0.189 e. The van der Waals surface area contributed by atoms with Crippen molar-refractivity contribution in [2.24, 2.45) is 5.41 Å². The first-order valence-electron chi connectivity index (χ1n) is 7.54. The second-order valence-corrected chi connectivity index (χ2v) is 8.05. The van der Waals surface area contributed by atoms with Crippen LogP contribution in [-0.2, 0) is 6.54 Å². The molecule has 1 heterocycles. The summed E-state index contributed by atoms with van der Waals surface area (Å²) in [6.07, 6.45) is 5.41. The molecular weight excluding hydrogens is 425 g/mol. The van der Waals surface area contributed by atoms with Gasteiger partial charge in [0.2, 0.25) is 0 Å². The van der Waals surface area contributed by atoms with E-state index in [4.69, 9.17) is 11.6 Å². The van der Waals surface area contributed by atoms with Crippen LogP contribution < -0.4 is 0 Å². The minimum Gasteiger partial charge on any atom is -0.383 e. The van der Waals surface area contributed by atoms with Crippen LogP contribution in [0.25, 0.3) is 6.08 Å². The van der Waals surface area contributed by atoms with Crippen molar-refractivity contribution in [2.45, 2.75) is 38.8 Å². The average Bonchev–Trinajstić information content (AvgIpc) is 2.98. The van der Waals surface area contributed by atoms with E-state index >= 15 is 0 Å². The summed E-state index contributed by atoms with van der Waals surface area (Å²) in [5, 5.41) is 16.5. The standard InChI is InChI=1S/C17H19ClIN3O/c1-16(2)8-7-13(9-12-3-5-14(18)6-4-12)17(16,23)10-22-15(19)20-11-21-22/h3-6,9,11,23H,7-8,10H2,1-2H3/b13-9+. The van der Waals surface area contributed by atoms with E-state index in [9.17, 15) is 5.11 Å². The predicted molar refractivity (Wildman–Crippen MR) is 100 cm³/mol. The van der Waals surface area contributed by atoms with Gasteiger partial charge in [0.1, 0.15) is 11.9 Å². The summed E-state index contributed by atoms with van der Waals surface area (Å²) in [4.78, 5) is 4.15. The molecule has 6 heteroatoms. The maximum absolute atomic E-state index is 11.5. The van der Waals surface area contributed by atoms with Crippen LogP contribution in [0, 0.1) is 9.25 Å². The lowest BCUT2D eigenvalue weighted by molar-refractivity contribution is -0.0304. The largest absolute Gasteiger partial charge is 0.383 e. The topological polar surface area (TPSA) is 50.9 Å². The number of aliphatic hydroxyl groups is 1. The monoisotopic (exact) mass is 443 g/mol. The van der Waals surface area contributed by atoms with E-state index in [0.29, 0.717) is 11.6 Å². The Balaban J connectivity index is 1.98. The van der Waals surface area contributed by atoms with Crippen LogP contribution in [0.5, 0.6) is 0 Å². The minimum absolute atomic E-state index is 0.222. The molecule has 4 nitrogen and oxygen atoms in total. The molecule has 1 aromatic heterocycles. The molecule has 2 aromatic rings. The fourth-order valence-electron chi connectivity index (χ4n) is 3.14. The molecule has 0 radical (unpaired) electrons. The Morgan fingerprint density at radius 3 is 2.65 bits per heavy atom. The number of hydrogen-bond acceptors (Lipinski definition) is 3. The molecule has 1 atom stereocenters. The molecular formula is C17H19ClIN3O. The lowest BCUT2D eigenvalue weighted by Crippen LogP contribution is -2.45. The Hall–Kier alpha value is -0.920. The number of benzene rings is 1. The van der Waals surface area contributed by atoms with Crippen LogP contribution >= 0.6 is 34.2 Å².